The van der Waals surface area contributed by atoms with E-state index >= 15 is 0 Å². The molecule has 0 N–H and O–H groups in total. The van der Waals surface area contributed by atoms with Gasteiger partial charge in [0.1, 0.15) is 0 Å². The first-order valence-electron chi connectivity index (χ1n) is 5.30. The standard InChI is InChI=1S/C13H10BrClF2S/c1-7-6-18-13(12(7)15)9(14)4-8-2-3-10(16)11(17)5-8/h2-3,5-6,9H,4H2,1H3. The van der Waals surface area contributed by atoms with Gasteiger partial charge in [-0.1, -0.05) is 33.6 Å². The van der Waals surface area contributed by atoms with Gasteiger partial charge in [-0.2, -0.15) is 0 Å². The molecule has 1 aromatic carbocycles. The Balaban J connectivity index is 2.18. The Labute approximate surface area is 122 Å². The first-order chi connectivity index (χ1) is 8.49. The summed E-state index contributed by atoms with van der Waals surface area (Å²) in [5.41, 5.74) is 1.77. The molecule has 0 nitrogen and oxygen atoms in total. The van der Waals surface area contributed by atoms with Gasteiger partial charge < -0.3 is 0 Å². The van der Waals surface area contributed by atoms with E-state index in [1.165, 1.54) is 6.07 Å². The van der Waals surface area contributed by atoms with E-state index in [1.807, 2.05) is 12.3 Å². The van der Waals surface area contributed by atoms with Crippen molar-refractivity contribution in [2.75, 3.05) is 0 Å². The van der Waals surface area contributed by atoms with Crippen LogP contribution in [0.4, 0.5) is 8.78 Å². The Bertz CT molecular complexity index is 568. The third kappa shape index (κ3) is 2.92. The topological polar surface area (TPSA) is 0 Å². The summed E-state index contributed by atoms with van der Waals surface area (Å²) in [6.07, 6.45) is 0.566. The Morgan fingerprint density at radius 1 is 1.33 bits per heavy atom. The van der Waals surface area contributed by atoms with Gasteiger partial charge in [0, 0.05) is 4.88 Å². The minimum absolute atomic E-state index is 0.00793. The zero-order valence-corrected chi connectivity index (χ0v) is 12.7. The molecule has 2 aromatic rings. The summed E-state index contributed by atoms with van der Waals surface area (Å²) < 4.78 is 25.9. The summed E-state index contributed by atoms with van der Waals surface area (Å²) in [7, 11) is 0. The first kappa shape index (κ1) is 14.0. The van der Waals surface area contributed by atoms with Crippen LogP contribution in [0.15, 0.2) is 23.6 Å². The number of alkyl halides is 1. The van der Waals surface area contributed by atoms with Crippen LogP contribution in [-0.2, 0) is 6.42 Å². The van der Waals surface area contributed by atoms with Crippen LogP contribution in [0.5, 0.6) is 0 Å². The van der Waals surface area contributed by atoms with Gasteiger partial charge >= 0.3 is 0 Å². The van der Waals surface area contributed by atoms with Crippen molar-refractivity contribution in [1.82, 2.24) is 0 Å². The van der Waals surface area contributed by atoms with Gasteiger partial charge in [0.15, 0.2) is 11.6 Å². The molecule has 0 fully saturated rings. The molecule has 1 aromatic heterocycles. The Morgan fingerprint density at radius 3 is 2.61 bits per heavy atom. The molecule has 0 saturated heterocycles. The molecule has 0 radical (unpaired) electrons. The largest absolute Gasteiger partial charge is 0.204 e. The van der Waals surface area contributed by atoms with E-state index in [9.17, 15) is 8.78 Å². The number of hydrogen-bond acceptors (Lipinski definition) is 1. The smallest absolute Gasteiger partial charge is 0.159 e. The summed E-state index contributed by atoms with van der Waals surface area (Å²) in [6.45, 7) is 1.94. The molecule has 0 saturated carbocycles. The molecule has 1 unspecified atom stereocenters. The molecule has 0 spiro atoms. The molecule has 2 rings (SSSR count). The molecule has 0 aliphatic heterocycles. The molecule has 0 amide bonds. The van der Waals surface area contributed by atoms with Gasteiger partial charge in [0.25, 0.3) is 0 Å². The van der Waals surface area contributed by atoms with Gasteiger partial charge in [0.05, 0.1) is 9.85 Å². The van der Waals surface area contributed by atoms with Crippen LogP contribution < -0.4 is 0 Å². The van der Waals surface area contributed by atoms with E-state index in [0.717, 1.165) is 27.1 Å². The third-order valence-corrected chi connectivity index (χ3v) is 5.52. The Kier molecular flexibility index (Phi) is 4.41. The molecule has 0 aliphatic rings. The first-order valence-corrected chi connectivity index (χ1v) is 7.48. The van der Waals surface area contributed by atoms with Gasteiger partial charge in [-0.05, 0) is 42.0 Å². The zero-order chi connectivity index (χ0) is 13.3. The lowest BCUT2D eigenvalue weighted by Gasteiger charge is -2.09. The highest BCUT2D eigenvalue weighted by Crippen LogP contribution is 2.38. The highest BCUT2D eigenvalue weighted by Gasteiger charge is 2.16. The van der Waals surface area contributed by atoms with E-state index in [2.05, 4.69) is 15.9 Å². The van der Waals surface area contributed by atoms with E-state index in [4.69, 9.17) is 11.6 Å². The fourth-order valence-corrected chi connectivity index (χ4v) is 3.99. The average Bonchev–Trinajstić information content (AvgIpc) is 2.65. The monoisotopic (exact) mass is 350 g/mol. The molecular formula is C13H10BrClF2S. The lowest BCUT2D eigenvalue weighted by molar-refractivity contribution is 0.507. The molecule has 0 aliphatic carbocycles. The summed E-state index contributed by atoms with van der Waals surface area (Å²) in [5.74, 6) is -1.64. The molecule has 96 valence electrons. The average molecular weight is 352 g/mol. The van der Waals surface area contributed by atoms with Crippen molar-refractivity contribution in [3.63, 3.8) is 0 Å². The van der Waals surface area contributed by atoms with Gasteiger partial charge in [-0.3, -0.25) is 0 Å². The number of halogens is 4. The predicted molar refractivity (Wildman–Crippen MR) is 75.8 cm³/mol. The number of hydrogen-bond donors (Lipinski definition) is 0. The predicted octanol–water partition coefficient (Wildman–Crippen LogP) is 5.67. The van der Waals surface area contributed by atoms with Crippen molar-refractivity contribution < 1.29 is 8.78 Å². The van der Waals surface area contributed by atoms with Crippen molar-refractivity contribution in [2.24, 2.45) is 0 Å². The molecule has 18 heavy (non-hydrogen) atoms. The van der Waals surface area contributed by atoms with Crippen molar-refractivity contribution in [3.8, 4) is 0 Å². The molecule has 5 heteroatoms. The maximum absolute atomic E-state index is 13.1. The number of benzene rings is 1. The maximum Gasteiger partial charge on any atom is 0.159 e. The highest BCUT2D eigenvalue weighted by atomic mass is 79.9. The van der Waals surface area contributed by atoms with Gasteiger partial charge in [-0.15, -0.1) is 11.3 Å². The number of rotatable bonds is 3. The zero-order valence-electron chi connectivity index (χ0n) is 9.51. The summed E-state index contributed by atoms with van der Waals surface area (Å²) >= 11 is 11.3. The maximum atomic E-state index is 13.1. The lowest BCUT2D eigenvalue weighted by Crippen LogP contribution is -1.96. The third-order valence-electron chi connectivity index (χ3n) is 2.61. The second-order valence-electron chi connectivity index (χ2n) is 4.02. The van der Waals surface area contributed by atoms with E-state index < -0.39 is 11.6 Å². The van der Waals surface area contributed by atoms with E-state index in [-0.39, 0.29) is 4.83 Å². The van der Waals surface area contributed by atoms with Gasteiger partial charge in [-0.25, -0.2) is 8.78 Å². The normalized spacial score (nSPS) is 12.7. The Hall–Kier alpha value is -0.450. The Morgan fingerprint density at radius 2 is 2.06 bits per heavy atom. The van der Waals surface area contributed by atoms with Crippen LogP contribution in [0.3, 0.4) is 0 Å². The van der Waals surface area contributed by atoms with Crippen LogP contribution in [0.1, 0.15) is 20.8 Å². The molecular weight excluding hydrogens is 342 g/mol. The minimum atomic E-state index is -0.824. The van der Waals surface area contributed by atoms with Crippen molar-refractivity contribution in [3.05, 3.63) is 56.2 Å². The lowest BCUT2D eigenvalue weighted by atomic mass is 10.1. The summed E-state index contributed by atoms with van der Waals surface area (Å²) in [5, 5.41) is 2.72. The van der Waals surface area contributed by atoms with Crippen LogP contribution in [0.2, 0.25) is 5.02 Å². The van der Waals surface area contributed by atoms with Crippen LogP contribution in [0.25, 0.3) is 0 Å². The summed E-state index contributed by atoms with van der Waals surface area (Å²) in [4.78, 5) is 1.02. The second kappa shape index (κ2) is 5.68. The van der Waals surface area contributed by atoms with Crippen LogP contribution in [-0.4, -0.2) is 0 Å². The van der Waals surface area contributed by atoms with Crippen molar-refractivity contribution >= 4 is 38.9 Å². The van der Waals surface area contributed by atoms with E-state index in [1.54, 1.807) is 17.4 Å². The SMILES string of the molecule is Cc1csc(C(Br)Cc2ccc(F)c(F)c2)c1Cl. The van der Waals surface area contributed by atoms with Crippen molar-refractivity contribution in [1.29, 1.82) is 0 Å². The number of aryl methyl sites for hydroxylation is 1. The minimum Gasteiger partial charge on any atom is -0.204 e. The van der Waals surface area contributed by atoms with Gasteiger partial charge in [0.2, 0.25) is 0 Å². The van der Waals surface area contributed by atoms with E-state index in [0.29, 0.717) is 6.42 Å². The van der Waals surface area contributed by atoms with Crippen molar-refractivity contribution in [2.45, 2.75) is 18.2 Å². The summed E-state index contributed by atoms with van der Waals surface area (Å²) in [6, 6.07) is 3.95. The molecule has 0 bridgehead atoms. The number of thiophene rings is 1. The van der Waals surface area contributed by atoms with Crippen LogP contribution >= 0.6 is 38.9 Å². The quantitative estimate of drug-likeness (QED) is 0.625. The fourth-order valence-electron chi connectivity index (χ4n) is 1.63. The second-order valence-corrected chi connectivity index (χ2v) is 6.41. The molecule has 1 heterocycles. The molecule has 1 atom stereocenters. The fraction of sp³-hybridized carbons (Fsp3) is 0.231. The highest BCUT2D eigenvalue weighted by molar-refractivity contribution is 9.09. The van der Waals surface area contributed by atoms with Crippen LogP contribution in [0, 0.1) is 18.6 Å².